The van der Waals surface area contributed by atoms with E-state index >= 15 is 0 Å². The number of ether oxygens (including phenoxy) is 1. The van der Waals surface area contributed by atoms with E-state index in [0.29, 0.717) is 16.6 Å². The summed E-state index contributed by atoms with van der Waals surface area (Å²) in [5.41, 5.74) is 3.72. The van der Waals surface area contributed by atoms with Gasteiger partial charge in [-0.1, -0.05) is 15.9 Å². The summed E-state index contributed by atoms with van der Waals surface area (Å²) in [6.07, 6.45) is 1.38. The van der Waals surface area contributed by atoms with E-state index in [-0.39, 0.29) is 11.7 Å². The van der Waals surface area contributed by atoms with Crippen LogP contribution >= 0.6 is 31.9 Å². The van der Waals surface area contributed by atoms with Crippen molar-refractivity contribution >= 4 is 49.7 Å². The summed E-state index contributed by atoms with van der Waals surface area (Å²) >= 11 is 6.58. The molecule has 2 rings (SSSR count). The number of anilines is 1. The molecule has 8 heteroatoms. The van der Waals surface area contributed by atoms with Gasteiger partial charge < -0.3 is 15.2 Å². The number of benzene rings is 2. The number of amides is 1. The Morgan fingerprint density at radius 3 is 2.65 bits per heavy atom. The van der Waals surface area contributed by atoms with Crippen molar-refractivity contribution < 1.29 is 14.6 Å². The lowest BCUT2D eigenvalue weighted by Gasteiger charge is -2.14. The Kier molecular flexibility index (Phi) is 7.47. The number of aromatic hydroxyl groups is 1. The van der Waals surface area contributed by atoms with Crippen LogP contribution in [0.1, 0.15) is 19.4 Å². The van der Waals surface area contributed by atoms with Crippen molar-refractivity contribution in [3.05, 3.63) is 50.9 Å². The molecule has 2 aromatic carbocycles. The third kappa shape index (κ3) is 5.74. The number of rotatable bonds is 7. The molecule has 0 spiro atoms. The average molecular weight is 485 g/mol. The molecule has 0 radical (unpaired) electrons. The molecule has 0 aliphatic carbocycles. The number of carbonyl (C=O) groups is 1. The fraction of sp³-hybridized carbons (Fsp3) is 0.222. The maximum atomic E-state index is 12.1. The predicted octanol–water partition coefficient (Wildman–Crippen LogP) is 4.27. The Morgan fingerprint density at radius 1 is 1.31 bits per heavy atom. The van der Waals surface area contributed by atoms with E-state index < -0.39 is 6.04 Å². The second-order valence-electron chi connectivity index (χ2n) is 5.38. The molecule has 0 aromatic heterocycles. The number of hydrazone groups is 1. The Morgan fingerprint density at radius 2 is 2.00 bits per heavy atom. The van der Waals surface area contributed by atoms with E-state index in [1.807, 2.05) is 31.2 Å². The zero-order chi connectivity index (χ0) is 19.1. The van der Waals surface area contributed by atoms with Gasteiger partial charge in [0.15, 0.2) is 0 Å². The summed E-state index contributed by atoms with van der Waals surface area (Å²) in [5, 5.41) is 16.9. The number of nitrogens with one attached hydrogen (secondary N) is 2. The molecule has 0 bridgehead atoms. The first-order chi connectivity index (χ1) is 12.4. The Labute approximate surface area is 168 Å². The third-order valence-corrected chi connectivity index (χ3v) is 4.44. The highest BCUT2D eigenvalue weighted by atomic mass is 79.9. The molecule has 0 heterocycles. The van der Waals surface area contributed by atoms with E-state index in [0.717, 1.165) is 15.9 Å². The Balaban J connectivity index is 1.92. The van der Waals surface area contributed by atoms with Crippen molar-refractivity contribution in [3.63, 3.8) is 0 Å². The number of carbonyl (C=O) groups excluding carboxylic acids is 1. The predicted molar refractivity (Wildman–Crippen MR) is 110 cm³/mol. The van der Waals surface area contributed by atoms with Crippen LogP contribution in [0.15, 0.2) is 50.4 Å². The number of phenolic OH excluding ortho intramolecular Hbond substituents is 1. The maximum absolute atomic E-state index is 12.1. The number of hydrogen-bond donors (Lipinski definition) is 3. The van der Waals surface area contributed by atoms with E-state index in [2.05, 4.69) is 47.7 Å². The van der Waals surface area contributed by atoms with Gasteiger partial charge in [-0.05, 0) is 66.2 Å². The summed E-state index contributed by atoms with van der Waals surface area (Å²) in [5.74, 6) is 0.523. The zero-order valence-electron chi connectivity index (χ0n) is 14.3. The summed E-state index contributed by atoms with van der Waals surface area (Å²) in [4.78, 5) is 12.1. The van der Waals surface area contributed by atoms with Gasteiger partial charge in [-0.25, -0.2) is 5.43 Å². The SMILES string of the molecule is CCOc1ccc(N[C@H](C)C(=O)N/N=C\c2cc(Br)cc(Br)c2O)cc1. The summed E-state index contributed by atoms with van der Waals surface area (Å²) in [7, 11) is 0. The van der Waals surface area contributed by atoms with Gasteiger partial charge in [-0.3, -0.25) is 4.79 Å². The molecule has 138 valence electrons. The Bertz CT molecular complexity index is 795. The molecule has 2 aromatic rings. The number of halogens is 2. The van der Waals surface area contributed by atoms with Crippen molar-refractivity contribution in [3.8, 4) is 11.5 Å². The Hall–Kier alpha value is -2.06. The average Bonchev–Trinajstić information content (AvgIpc) is 2.60. The first-order valence-electron chi connectivity index (χ1n) is 7.91. The first-order valence-corrected chi connectivity index (χ1v) is 9.49. The number of hydrogen-bond acceptors (Lipinski definition) is 5. The molecular formula is C18H19Br2N3O3. The normalized spacial score (nSPS) is 12.0. The quantitative estimate of drug-likeness (QED) is 0.405. The van der Waals surface area contributed by atoms with Gasteiger partial charge in [0.05, 0.1) is 17.3 Å². The van der Waals surface area contributed by atoms with Crippen molar-refractivity contribution in [1.29, 1.82) is 0 Å². The standard InChI is InChI=1S/C18H19Br2N3O3/c1-3-26-15-6-4-14(5-7-15)22-11(2)18(25)23-21-10-12-8-13(19)9-16(20)17(12)24/h4-11,22,24H,3H2,1-2H3,(H,23,25)/b21-10-/t11-/m1/s1. The van der Waals surface area contributed by atoms with Crippen molar-refractivity contribution in [2.24, 2.45) is 5.10 Å². The lowest BCUT2D eigenvalue weighted by atomic mass is 10.2. The van der Waals surface area contributed by atoms with Crippen LogP contribution in [0.3, 0.4) is 0 Å². The zero-order valence-corrected chi connectivity index (χ0v) is 17.5. The van der Waals surface area contributed by atoms with Crippen LogP contribution < -0.4 is 15.5 Å². The molecule has 6 nitrogen and oxygen atoms in total. The lowest BCUT2D eigenvalue weighted by molar-refractivity contribution is -0.121. The van der Waals surface area contributed by atoms with Crippen LogP contribution in [-0.2, 0) is 4.79 Å². The molecule has 0 aliphatic rings. The largest absolute Gasteiger partial charge is 0.506 e. The van der Waals surface area contributed by atoms with Gasteiger partial charge in [-0.15, -0.1) is 0 Å². The van der Waals surface area contributed by atoms with E-state index in [1.165, 1.54) is 6.21 Å². The van der Waals surface area contributed by atoms with Crippen LogP contribution in [0.25, 0.3) is 0 Å². The van der Waals surface area contributed by atoms with Gasteiger partial charge in [0.1, 0.15) is 17.5 Å². The monoisotopic (exact) mass is 483 g/mol. The minimum atomic E-state index is -0.493. The summed E-state index contributed by atoms with van der Waals surface area (Å²) in [6, 6.07) is 10.3. The first kappa shape index (κ1) is 20.3. The lowest BCUT2D eigenvalue weighted by Crippen LogP contribution is -2.34. The minimum Gasteiger partial charge on any atom is -0.506 e. The van der Waals surface area contributed by atoms with Gasteiger partial charge in [0.25, 0.3) is 5.91 Å². The van der Waals surface area contributed by atoms with E-state index in [4.69, 9.17) is 4.74 Å². The van der Waals surface area contributed by atoms with E-state index in [1.54, 1.807) is 19.1 Å². The van der Waals surface area contributed by atoms with Crippen LogP contribution in [0, 0.1) is 0 Å². The molecule has 0 aliphatic heterocycles. The minimum absolute atomic E-state index is 0.0479. The van der Waals surface area contributed by atoms with Crippen molar-refractivity contribution in [1.82, 2.24) is 5.43 Å². The van der Waals surface area contributed by atoms with Gasteiger partial charge in [0.2, 0.25) is 0 Å². The van der Waals surface area contributed by atoms with Crippen LogP contribution in [0.5, 0.6) is 11.5 Å². The smallest absolute Gasteiger partial charge is 0.262 e. The van der Waals surface area contributed by atoms with Crippen LogP contribution in [0.2, 0.25) is 0 Å². The molecule has 1 amide bonds. The molecule has 0 saturated carbocycles. The van der Waals surface area contributed by atoms with Crippen molar-refractivity contribution in [2.45, 2.75) is 19.9 Å². The highest BCUT2D eigenvalue weighted by Gasteiger charge is 2.12. The molecule has 0 unspecified atom stereocenters. The molecule has 1 atom stereocenters. The van der Waals surface area contributed by atoms with Gasteiger partial charge in [0, 0.05) is 15.7 Å². The van der Waals surface area contributed by atoms with Gasteiger partial charge in [-0.2, -0.15) is 5.10 Å². The molecular weight excluding hydrogens is 466 g/mol. The van der Waals surface area contributed by atoms with E-state index in [9.17, 15) is 9.90 Å². The molecule has 0 saturated heterocycles. The second kappa shape index (κ2) is 9.59. The number of phenols is 1. The highest BCUT2D eigenvalue weighted by Crippen LogP contribution is 2.30. The fourth-order valence-electron chi connectivity index (χ4n) is 2.08. The van der Waals surface area contributed by atoms with Crippen molar-refractivity contribution in [2.75, 3.05) is 11.9 Å². The summed E-state index contributed by atoms with van der Waals surface area (Å²) in [6.45, 7) is 4.26. The fourth-order valence-corrected chi connectivity index (χ4v) is 3.33. The molecule has 0 fully saturated rings. The maximum Gasteiger partial charge on any atom is 0.262 e. The third-order valence-electron chi connectivity index (χ3n) is 3.38. The number of nitrogens with zero attached hydrogens (tertiary/aromatic N) is 1. The van der Waals surface area contributed by atoms with Crippen LogP contribution in [-0.4, -0.2) is 29.9 Å². The molecule has 3 N–H and O–H groups in total. The topological polar surface area (TPSA) is 83.0 Å². The molecule has 26 heavy (non-hydrogen) atoms. The highest BCUT2D eigenvalue weighted by molar-refractivity contribution is 9.11. The second-order valence-corrected chi connectivity index (χ2v) is 7.15. The van der Waals surface area contributed by atoms with Gasteiger partial charge >= 0.3 is 0 Å². The van der Waals surface area contributed by atoms with Crippen LogP contribution in [0.4, 0.5) is 5.69 Å². The summed E-state index contributed by atoms with van der Waals surface area (Å²) < 4.78 is 6.69.